The van der Waals surface area contributed by atoms with Gasteiger partial charge in [-0.25, -0.2) is 0 Å². The Labute approximate surface area is 132 Å². The third-order valence-electron chi connectivity index (χ3n) is 2.85. The standard InChI is InChI=1S/C16H17BrN2O2/c1-3-21-15-7-6-13(17)9-14(15)19-16(20)8-12-5-4-11(2)18-10-12/h4-7,9-10H,3,8H2,1-2H3,(H,19,20). The summed E-state index contributed by atoms with van der Waals surface area (Å²) in [6, 6.07) is 9.34. The zero-order valence-corrected chi connectivity index (χ0v) is 13.6. The van der Waals surface area contributed by atoms with Crippen molar-refractivity contribution in [3.63, 3.8) is 0 Å². The van der Waals surface area contributed by atoms with Gasteiger partial charge in [-0.3, -0.25) is 9.78 Å². The minimum atomic E-state index is -0.0975. The number of ether oxygens (including phenoxy) is 1. The Bertz CT molecular complexity index is 627. The largest absolute Gasteiger partial charge is 0.492 e. The fourth-order valence-corrected chi connectivity index (χ4v) is 2.23. The lowest BCUT2D eigenvalue weighted by atomic mass is 10.2. The molecule has 21 heavy (non-hydrogen) atoms. The fourth-order valence-electron chi connectivity index (χ4n) is 1.86. The summed E-state index contributed by atoms with van der Waals surface area (Å²) in [5.41, 5.74) is 2.48. The van der Waals surface area contributed by atoms with E-state index in [1.165, 1.54) is 0 Å². The van der Waals surface area contributed by atoms with E-state index in [1.807, 2.05) is 44.2 Å². The Hall–Kier alpha value is -1.88. The first-order valence-electron chi connectivity index (χ1n) is 6.72. The Morgan fingerprint density at radius 2 is 2.14 bits per heavy atom. The molecule has 1 amide bonds. The van der Waals surface area contributed by atoms with Gasteiger partial charge in [0, 0.05) is 16.4 Å². The lowest BCUT2D eigenvalue weighted by molar-refractivity contribution is -0.115. The smallest absolute Gasteiger partial charge is 0.228 e. The van der Waals surface area contributed by atoms with Gasteiger partial charge in [0.25, 0.3) is 0 Å². The number of rotatable bonds is 5. The van der Waals surface area contributed by atoms with Crippen LogP contribution in [-0.4, -0.2) is 17.5 Å². The van der Waals surface area contributed by atoms with Gasteiger partial charge in [0.05, 0.1) is 18.7 Å². The van der Waals surface area contributed by atoms with Crippen LogP contribution < -0.4 is 10.1 Å². The lowest BCUT2D eigenvalue weighted by Gasteiger charge is -2.12. The number of halogens is 1. The predicted molar refractivity (Wildman–Crippen MR) is 86.6 cm³/mol. The highest BCUT2D eigenvalue weighted by Crippen LogP contribution is 2.28. The minimum Gasteiger partial charge on any atom is -0.492 e. The Kier molecular flexibility index (Phi) is 5.33. The monoisotopic (exact) mass is 348 g/mol. The van der Waals surface area contributed by atoms with Crippen molar-refractivity contribution in [2.24, 2.45) is 0 Å². The summed E-state index contributed by atoms with van der Waals surface area (Å²) in [6.45, 7) is 4.37. The molecule has 1 aromatic heterocycles. The second-order valence-electron chi connectivity index (χ2n) is 4.61. The molecule has 4 nitrogen and oxygen atoms in total. The maximum absolute atomic E-state index is 12.1. The number of aromatic nitrogens is 1. The van der Waals surface area contributed by atoms with Crippen LogP contribution in [0.4, 0.5) is 5.69 Å². The van der Waals surface area contributed by atoms with Crippen molar-refractivity contribution in [3.8, 4) is 5.75 Å². The van der Waals surface area contributed by atoms with Crippen LogP contribution in [0.1, 0.15) is 18.2 Å². The van der Waals surface area contributed by atoms with E-state index in [1.54, 1.807) is 6.20 Å². The van der Waals surface area contributed by atoms with E-state index in [-0.39, 0.29) is 12.3 Å². The van der Waals surface area contributed by atoms with Crippen LogP contribution in [-0.2, 0) is 11.2 Å². The molecular weight excluding hydrogens is 332 g/mol. The molecule has 0 aliphatic carbocycles. The first-order valence-corrected chi connectivity index (χ1v) is 7.51. The van der Waals surface area contributed by atoms with Gasteiger partial charge in [-0.1, -0.05) is 22.0 Å². The molecule has 2 rings (SSSR count). The van der Waals surface area contributed by atoms with Gasteiger partial charge in [0.2, 0.25) is 5.91 Å². The summed E-state index contributed by atoms with van der Waals surface area (Å²) in [5, 5.41) is 2.88. The van der Waals surface area contributed by atoms with Gasteiger partial charge in [-0.2, -0.15) is 0 Å². The Morgan fingerprint density at radius 3 is 2.81 bits per heavy atom. The van der Waals surface area contributed by atoms with Crippen LogP contribution in [0, 0.1) is 6.92 Å². The van der Waals surface area contributed by atoms with Crippen LogP contribution in [0.25, 0.3) is 0 Å². The number of nitrogens with zero attached hydrogens (tertiary/aromatic N) is 1. The van der Waals surface area contributed by atoms with Crippen molar-refractivity contribution >= 4 is 27.5 Å². The topological polar surface area (TPSA) is 51.2 Å². The normalized spacial score (nSPS) is 10.2. The summed E-state index contributed by atoms with van der Waals surface area (Å²) < 4.78 is 6.40. The molecule has 0 fully saturated rings. The maximum Gasteiger partial charge on any atom is 0.228 e. The molecule has 1 N–H and O–H groups in total. The zero-order valence-electron chi connectivity index (χ0n) is 12.0. The first kappa shape index (κ1) is 15.5. The van der Waals surface area contributed by atoms with Crippen molar-refractivity contribution in [1.82, 2.24) is 4.98 Å². The summed E-state index contributed by atoms with van der Waals surface area (Å²) >= 11 is 3.40. The molecule has 0 unspecified atom stereocenters. The molecule has 1 heterocycles. The van der Waals surface area contributed by atoms with E-state index in [0.717, 1.165) is 15.7 Å². The van der Waals surface area contributed by atoms with Crippen LogP contribution >= 0.6 is 15.9 Å². The SMILES string of the molecule is CCOc1ccc(Br)cc1NC(=O)Cc1ccc(C)nc1. The fraction of sp³-hybridized carbons (Fsp3) is 0.250. The number of carbonyl (C=O) groups is 1. The average molecular weight is 349 g/mol. The highest BCUT2D eigenvalue weighted by Gasteiger charge is 2.09. The molecule has 0 saturated heterocycles. The highest BCUT2D eigenvalue weighted by atomic mass is 79.9. The van der Waals surface area contributed by atoms with Crippen molar-refractivity contribution in [3.05, 3.63) is 52.3 Å². The number of nitrogens with one attached hydrogen (secondary N) is 1. The number of hydrogen-bond acceptors (Lipinski definition) is 3. The highest BCUT2D eigenvalue weighted by molar-refractivity contribution is 9.10. The lowest BCUT2D eigenvalue weighted by Crippen LogP contribution is -2.15. The molecule has 110 valence electrons. The molecule has 5 heteroatoms. The number of aryl methyl sites for hydroxylation is 1. The van der Waals surface area contributed by atoms with E-state index in [0.29, 0.717) is 18.0 Å². The van der Waals surface area contributed by atoms with Crippen molar-refractivity contribution in [2.45, 2.75) is 20.3 Å². The molecular formula is C16H17BrN2O2. The van der Waals surface area contributed by atoms with E-state index in [4.69, 9.17) is 4.74 Å². The molecule has 0 aliphatic rings. The summed E-state index contributed by atoms with van der Waals surface area (Å²) in [5.74, 6) is 0.566. The summed E-state index contributed by atoms with van der Waals surface area (Å²) in [4.78, 5) is 16.3. The average Bonchev–Trinajstić information content (AvgIpc) is 2.44. The van der Waals surface area contributed by atoms with Gasteiger partial charge >= 0.3 is 0 Å². The number of pyridine rings is 1. The third-order valence-corrected chi connectivity index (χ3v) is 3.35. The Morgan fingerprint density at radius 1 is 1.33 bits per heavy atom. The predicted octanol–water partition coefficient (Wildman–Crippen LogP) is 3.73. The molecule has 1 aromatic carbocycles. The number of hydrogen-bond donors (Lipinski definition) is 1. The van der Waals surface area contributed by atoms with E-state index in [9.17, 15) is 4.79 Å². The molecule has 0 bridgehead atoms. The molecule has 0 aliphatic heterocycles. The van der Waals surface area contributed by atoms with Crippen LogP contribution in [0.2, 0.25) is 0 Å². The van der Waals surface area contributed by atoms with E-state index < -0.39 is 0 Å². The molecule has 0 spiro atoms. The Balaban J connectivity index is 2.08. The van der Waals surface area contributed by atoms with E-state index in [2.05, 4.69) is 26.2 Å². The second kappa shape index (κ2) is 7.22. The van der Waals surface area contributed by atoms with Gasteiger partial charge in [0.1, 0.15) is 5.75 Å². The van der Waals surface area contributed by atoms with Crippen LogP contribution in [0.3, 0.4) is 0 Å². The van der Waals surface area contributed by atoms with Crippen LogP contribution in [0.15, 0.2) is 41.0 Å². The number of carbonyl (C=O) groups excluding carboxylic acids is 1. The van der Waals surface area contributed by atoms with Gasteiger partial charge < -0.3 is 10.1 Å². The minimum absolute atomic E-state index is 0.0975. The van der Waals surface area contributed by atoms with Crippen molar-refractivity contribution in [2.75, 3.05) is 11.9 Å². The second-order valence-corrected chi connectivity index (χ2v) is 5.52. The quantitative estimate of drug-likeness (QED) is 0.895. The molecule has 0 atom stereocenters. The van der Waals surface area contributed by atoms with Gasteiger partial charge in [-0.15, -0.1) is 0 Å². The van der Waals surface area contributed by atoms with E-state index >= 15 is 0 Å². The summed E-state index contributed by atoms with van der Waals surface area (Å²) in [6.07, 6.45) is 2.00. The number of benzene rings is 1. The molecule has 2 aromatic rings. The maximum atomic E-state index is 12.1. The van der Waals surface area contributed by atoms with Crippen molar-refractivity contribution < 1.29 is 9.53 Å². The first-order chi connectivity index (χ1) is 10.1. The number of amides is 1. The van der Waals surface area contributed by atoms with Gasteiger partial charge in [0.15, 0.2) is 0 Å². The molecule has 0 saturated carbocycles. The summed E-state index contributed by atoms with van der Waals surface area (Å²) in [7, 11) is 0. The van der Waals surface area contributed by atoms with Crippen molar-refractivity contribution in [1.29, 1.82) is 0 Å². The van der Waals surface area contributed by atoms with Crippen LogP contribution in [0.5, 0.6) is 5.75 Å². The third kappa shape index (κ3) is 4.56. The zero-order chi connectivity index (χ0) is 15.2. The van der Waals surface area contributed by atoms with Gasteiger partial charge in [-0.05, 0) is 43.7 Å². The number of anilines is 1. The molecule has 0 radical (unpaired) electrons.